The molecule has 1 saturated heterocycles. The van der Waals surface area contributed by atoms with Crippen LogP contribution in [0.4, 0.5) is 0 Å². The van der Waals surface area contributed by atoms with Gasteiger partial charge in [0.2, 0.25) is 0 Å². The van der Waals surface area contributed by atoms with Crippen LogP contribution >= 0.6 is 0 Å². The van der Waals surface area contributed by atoms with E-state index in [0.29, 0.717) is 59.8 Å². The molecule has 1 fully saturated rings. The molecule has 0 aromatic carbocycles. The van der Waals surface area contributed by atoms with Crippen molar-refractivity contribution in [1.29, 1.82) is 0 Å². The van der Waals surface area contributed by atoms with Crippen molar-refractivity contribution in [2.45, 2.75) is 130 Å². The smallest absolute Gasteiger partial charge is 0.328 e. The Labute approximate surface area is 284 Å². The molecule has 5 nitrogen and oxygen atoms in total. The number of hydrogen-bond acceptors (Lipinski definition) is 5. The fourth-order valence-electron chi connectivity index (χ4n) is 7.26. The summed E-state index contributed by atoms with van der Waals surface area (Å²) in [6.45, 7) is 44.1. The Hall–Kier alpha value is -0.416. The van der Waals surface area contributed by atoms with Crippen LogP contribution in [0.25, 0.3) is 0 Å². The predicted molar refractivity (Wildman–Crippen MR) is 207 cm³/mol. The molecule has 0 radical (unpaired) electrons. The highest BCUT2D eigenvalue weighted by Crippen LogP contribution is 2.46. The van der Waals surface area contributed by atoms with Crippen molar-refractivity contribution in [3.63, 3.8) is 0 Å². The van der Waals surface area contributed by atoms with Gasteiger partial charge < -0.3 is 20.6 Å². The van der Waals surface area contributed by atoms with E-state index in [-0.39, 0.29) is 0 Å². The van der Waals surface area contributed by atoms with Crippen LogP contribution in [-0.4, -0.2) is 42.8 Å². The normalized spacial score (nSPS) is 22.9. The molecular weight excluding hydrogens is 641 g/mol. The molecule has 0 aromatic rings. The highest BCUT2D eigenvalue weighted by atomic mass is 28.5. The van der Waals surface area contributed by atoms with Crippen molar-refractivity contribution in [1.82, 2.24) is 0 Å². The molecule has 0 aromatic heterocycles. The zero-order chi connectivity index (χ0) is 34.5. The molecule has 0 amide bonds. The zero-order valence-corrected chi connectivity index (χ0v) is 35.9. The van der Waals surface area contributed by atoms with Gasteiger partial charge in [0.1, 0.15) is 0 Å². The van der Waals surface area contributed by atoms with E-state index in [1.165, 1.54) is 0 Å². The van der Waals surface area contributed by atoms with Crippen molar-refractivity contribution in [3.8, 4) is 0 Å². The monoisotopic (exact) mass is 710 g/mol. The molecular formula is C35H70O5Si5. The van der Waals surface area contributed by atoms with Crippen LogP contribution in [0.15, 0.2) is 63.3 Å². The van der Waals surface area contributed by atoms with E-state index in [2.05, 4.69) is 102 Å². The van der Waals surface area contributed by atoms with E-state index in [4.69, 9.17) is 20.6 Å². The third kappa shape index (κ3) is 13.5. The lowest BCUT2D eigenvalue weighted by molar-refractivity contribution is 0.204. The van der Waals surface area contributed by atoms with Crippen molar-refractivity contribution < 1.29 is 20.6 Å². The molecule has 0 saturated carbocycles. The minimum absolute atomic E-state index is 0.372. The topological polar surface area (TPSA) is 46.2 Å². The molecule has 0 spiro atoms. The van der Waals surface area contributed by atoms with E-state index >= 15 is 0 Å². The summed E-state index contributed by atoms with van der Waals surface area (Å²) in [7, 11) is -15.1. The third-order valence-electron chi connectivity index (χ3n) is 7.73. The van der Waals surface area contributed by atoms with Crippen LogP contribution in [0, 0.1) is 29.6 Å². The van der Waals surface area contributed by atoms with Crippen molar-refractivity contribution >= 4 is 42.8 Å². The average molecular weight is 711 g/mol. The quantitative estimate of drug-likeness (QED) is 0.0930. The standard InChI is InChI=1S/C35H70O5Si5/c1-16-21-41(22-17-2)36-42(23-18-3,24-19-4)38-44(27-32(8)9,28-33(10)11)40-45(29-34(12)13,30-35(14)15)39-43(37-41,25-20-5)26-31(6)7/h16-20,31-35H,1-5,21-30H2,6-15H3. The zero-order valence-electron chi connectivity index (χ0n) is 30.9. The summed E-state index contributed by atoms with van der Waals surface area (Å²) in [5.74, 6) is 1.97. The molecule has 10 heteroatoms. The third-order valence-corrected chi connectivity index (χ3v) is 34.4. The lowest BCUT2D eigenvalue weighted by Crippen LogP contribution is -2.70. The van der Waals surface area contributed by atoms with Gasteiger partial charge in [-0.05, 0) is 59.8 Å². The summed E-state index contributed by atoms with van der Waals surface area (Å²) in [5.41, 5.74) is 0. The Morgan fingerprint density at radius 1 is 0.333 bits per heavy atom. The fourth-order valence-corrected chi connectivity index (χ4v) is 39.4. The van der Waals surface area contributed by atoms with Crippen molar-refractivity contribution in [2.24, 2.45) is 29.6 Å². The van der Waals surface area contributed by atoms with Gasteiger partial charge in [-0.1, -0.05) is 99.6 Å². The van der Waals surface area contributed by atoms with Gasteiger partial charge in [-0.25, -0.2) is 0 Å². The number of hydrogen-bond donors (Lipinski definition) is 0. The van der Waals surface area contributed by atoms with Gasteiger partial charge in [0.25, 0.3) is 0 Å². The minimum atomic E-state index is -3.07. The van der Waals surface area contributed by atoms with Crippen molar-refractivity contribution in [2.75, 3.05) is 0 Å². The lowest BCUT2D eigenvalue weighted by atomic mass is 10.3. The molecule has 1 heterocycles. The van der Waals surface area contributed by atoms with Crippen LogP contribution in [0.1, 0.15) is 69.2 Å². The van der Waals surface area contributed by atoms with Crippen LogP contribution in [0.5, 0.6) is 0 Å². The molecule has 1 atom stereocenters. The SMILES string of the molecule is C=CC[Si]1(CC=C)O[Si](CC=C)(CC=C)O[Si](CC(C)C)(CC(C)C)O[Si](CC(C)C)(CC(C)C)O[Si](CC=C)(CC(C)C)O1. The highest BCUT2D eigenvalue weighted by molar-refractivity contribution is 6.95. The van der Waals surface area contributed by atoms with E-state index in [0.717, 1.165) is 30.2 Å². The molecule has 1 aliphatic rings. The van der Waals surface area contributed by atoms with E-state index in [9.17, 15) is 0 Å². The molecule has 0 aliphatic carbocycles. The van der Waals surface area contributed by atoms with Gasteiger partial charge in [-0.3, -0.25) is 0 Å². The van der Waals surface area contributed by atoms with Gasteiger partial charge in [0, 0.05) is 30.2 Å². The van der Waals surface area contributed by atoms with Gasteiger partial charge >= 0.3 is 42.8 Å². The van der Waals surface area contributed by atoms with Crippen molar-refractivity contribution in [3.05, 3.63) is 63.3 Å². The summed E-state index contributed by atoms with van der Waals surface area (Å²) in [6.07, 6.45) is 9.94. The molecule has 0 N–H and O–H groups in total. The summed E-state index contributed by atoms with van der Waals surface area (Å²) in [6, 6.07) is 7.68. The first kappa shape index (κ1) is 42.6. The van der Waals surface area contributed by atoms with Gasteiger partial charge in [0.05, 0.1) is 0 Å². The molecule has 0 bridgehead atoms. The first-order valence-corrected chi connectivity index (χ1v) is 28.6. The Balaban J connectivity index is 4.52. The first-order chi connectivity index (χ1) is 20.9. The predicted octanol–water partition coefficient (Wildman–Crippen LogP) is 11.5. The Morgan fingerprint density at radius 2 is 0.511 bits per heavy atom. The van der Waals surface area contributed by atoms with Crippen LogP contribution in [0.3, 0.4) is 0 Å². The molecule has 1 rings (SSSR count). The average Bonchev–Trinajstić information content (AvgIpc) is 2.81. The second kappa shape index (κ2) is 18.9. The maximum Gasteiger partial charge on any atom is 0.328 e. The summed E-state index contributed by atoms with van der Waals surface area (Å²) in [5, 5.41) is 0. The molecule has 260 valence electrons. The fraction of sp³-hybridized carbons (Fsp3) is 0.714. The molecule has 45 heavy (non-hydrogen) atoms. The molecule has 1 unspecified atom stereocenters. The highest BCUT2D eigenvalue weighted by Gasteiger charge is 2.62. The first-order valence-electron chi connectivity index (χ1n) is 17.5. The summed E-state index contributed by atoms with van der Waals surface area (Å²) < 4.78 is 39.0. The summed E-state index contributed by atoms with van der Waals surface area (Å²) in [4.78, 5) is 0. The Kier molecular flexibility index (Phi) is 17.9. The largest absolute Gasteiger partial charge is 0.415 e. The number of allylic oxidation sites excluding steroid dienone is 5. The lowest BCUT2D eigenvalue weighted by Gasteiger charge is -2.54. The van der Waals surface area contributed by atoms with Crippen LogP contribution in [-0.2, 0) is 20.6 Å². The molecule has 1 aliphatic heterocycles. The second-order valence-corrected chi connectivity index (χ2v) is 32.8. The van der Waals surface area contributed by atoms with Crippen LogP contribution < -0.4 is 0 Å². The Bertz CT molecular complexity index is 911. The summed E-state index contributed by atoms with van der Waals surface area (Å²) >= 11 is 0. The van der Waals surface area contributed by atoms with E-state index in [1.807, 2.05) is 30.4 Å². The van der Waals surface area contributed by atoms with E-state index in [1.54, 1.807) is 0 Å². The maximum absolute atomic E-state index is 7.98. The second-order valence-electron chi connectivity index (χ2n) is 15.5. The van der Waals surface area contributed by atoms with Gasteiger partial charge in [0.15, 0.2) is 0 Å². The maximum atomic E-state index is 7.98. The van der Waals surface area contributed by atoms with Crippen LogP contribution in [0.2, 0.25) is 60.4 Å². The van der Waals surface area contributed by atoms with E-state index < -0.39 is 42.8 Å². The minimum Gasteiger partial charge on any atom is -0.415 e. The Morgan fingerprint density at radius 3 is 0.778 bits per heavy atom. The number of rotatable bonds is 20. The van der Waals surface area contributed by atoms with Gasteiger partial charge in [-0.2, -0.15) is 0 Å². The van der Waals surface area contributed by atoms with Gasteiger partial charge in [-0.15, -0.1) is 32.9 Å².